The van der Waals surface area contributed by atoms with E-state index in [2.05, 4.69) is 15.0 Å². The zero-order valence-electron chi connectivity index (χ0n) is 12.3. The molecule has 0 saturated carbocycles. The van der Waals surface area contributed by atoms with Crippen LogP contribution in [0.3, 0.4) is 0 Å². The summed E-state index contributed by atoms with van der Waals surface area (Å²) in [5.74, 6) is -0.423. The molecule has 1 heterocycles. The van der Waals surface area contributed by atoms with Gasteiger partial charge in [-0.3, -0.25) is 10.3 Å². The van der Waals surface area contributed by atoms with Crippen molar-refractivity contribution < 1.29 is 19.1 Å². The van der Waals surface area contributed by atoms with E-state index in [9.17, 15) is 9.59 Å². The Bertz CT molecular complexity index is 651. The molecule has 0 bridgehead atoms. The van der Waals surface area contributed by atoms with Gasteiger partial charge in [-0.15, -0.1) is 0 Å². The molecule has 6 heteroatoms. The van der Waals surface area contributed by atoms with Crippen LogP contribution in [-0.2, 0) is 9.47 Å². The number of methoxy groups -OCH3 is 1. The summed E-state index contributed by atoms with van der Waals surface area (Å²) in [5, 5.41) is 2.61. The molecular weight excluding hydrogens is 284 g/mol. The van der Waals surface area contributed by atoms with Crippen molar-refractivity contribution >= 4 is 17.7 Å². The number of benzene rings is 1. The van der Waals surface area contributed by atoms with Crippen molar-refractivity contribution in [3.05, 3.63) is 48.2 Å². The van der Waals surface area contributed by atoms with E-state index in [4.69, 9.17) is 4.74 Å². The molecule has 6 nitrogen and oxygen atoms in total. The molecule has 0 spiro atoms. The van der Waals surface area contributed by atoms with E-state index in [0.29, 0.717) is 17.9 Å². The molecule has 2 aromatic rings. The van der Waals surface area contributed by atoms with E-state index >= 15 is 0 Å². The Hall–Kier alpha value is -2.89. The van der Waals surface area contributed by atoms with Crippen molar-refractivity contribution in [1.82, 2.24) is 4.98 Å². The summed E-state index contributed by atoms with van der Waals surface area (Å²) < 4.78 is 9.42. The maximum absolute atomic E-state index is 11.3. The quantitative estimate of drug-likeness (QED) is 0.878. The number of nitrogens with one attached hydrogen (secondary N) is 1. The highest BCUT2D eigenvalue weighted by atomic mass is 16.5. The van der Waals surface area contributed by atoms with Gasteiger partial charge in [-0.2, -0.15) is 0 Å². The number of hydrogen-bond acceptors (Lipinski definition) is 5. The summed E-state index contributed by atoms with van der Waals surface area (Å²) in [5.41, 5.74) is 2.61. The highest BCUT2D eigenvalue weighted by molar-refractivity contribution is 5.89. The number of amides is 1. The molecule has 0 aliphatic heterocycles. The van der Waals surface area contributed by atoms with E-state index in [1.807, 2.05) is 12.1 Å². The Kier molecular flexibility index (Phi) is 5.08. The fourth-order valence-corrected chi connectivity index (χ4v) is 1.81. The smallest absolute Gasteiger partial charge is 0.411 e. The molecule has 114 valence electrons. The average molecular weight is 300 g/mol. The Labute approximate surface area is 128 Å². The first-order valence-electron chi connectivity index (χ1n) is 6.72. The van der Waals surface area contributed by atoms with Crippen molar-refractivity contribution in [2.45, 2.75) is 6.92 Å². The number of carbonyl (C=O) groups excluding carboxylic acids is 2. The van der Waals surface area contributed by atoms with Crippen LogP contribution in [-0.4, -0.2) is 30.8 Å². The molecule has 0 aliphatic rings. The second kappa shape index (κ2) is 7.21. The highest BCUT2D eigenvalue weighted by Crippen LogP contribution is 2.20. The Morgan fingerprint density at radius 2 is 1.86 bits per heavy atom. The van der Waals surface area contributed by atoms with Gasteiger partial charge in [0.25, 0.3) is 0 Å². The van der Waals surface area contributed by atoms with Crippen molar-refractivity contribution in [2.75, 3.05) is 19.0 Å². The van der Waals surface area contributed by atoms with Gasteiger partial charge in [0.1, 0.15) is 0 Å². The summed E-state index contributed by atoms with van der Waals surface area (Å²) in [6.07, 6.45) is 0.974. The molecule has 1 N–H and O–H groups in total. The summed E-state index contributed by atoms with van der Waals surface area (Å²) in [6, 6.07) is 10.5. The van der Waals surface area contributed by atoms with Gasteiger partial charge in [0.2, 0.25) is 0 Å². The molecule has 1 aromatic heterocycles. The van der Waals surface area contributed by atoms with Gasteiger partial charge in [-0.25, -0.2) is 9.59 Å². The number of aromatic nitrogens is 1. The lowest BCUT2D eigenvalue weighted by atomic mass is 10.1. The minimum absolute atomic E-state index is 0.320. The van der Waals surface area contributed by atoms with Gasteiger partial charge >= 0.3 is 12.1 Å². The monoisotopic (exact) mass is 300 g/mol. The molecule has 1 amide bonds. The van der Waals surface area contributed by atoms with Crippen LogP contribution in [0.5, 0.6) is 0 Å². The van der Waals surface area contributed by atoms with E-state index in [1.165, 1.54) is 13.3 Å². The predicted octanol–water partition coefficient (Wildman–Crippen LogP) is 3.10. The number of hydrogen-bond donors (Lipinski definition) is 1. The van der Waals surface area contributed by atoms with Crippen LogP contribution in [0.2, 0.25) is 0 Å². The van der Waals surface area contributed by atoms with Gasteiger partial charge < -0.3 is 9.47 Å². The summed E-state index contributed by atoms with van der Waals surface area (Å²) >= 11 is 0. The largest absolute Gasteiger partial charge is 0.465 e. The first-order chi connectivity index (χ1) is 10.6. The minimum atomic E-state index is -0.490. The third-order valence-electron chi connectivity index (χ3n) is 2.89. The number of anilines is 1. The number of esters is 1. The Balaban J connectivity index is 2.10. The number of pyridine rings is 1. The minimum Gasteiger partial charge on any atom is -0.465 e. The Morgan fingerprint density at radius 3 is 2.41 bits per heavy atom. The standard InChI is InChI=1S/C16H16N2O4/c1-3-22-16(20)18-13-7-4-11(5-8-13)14-9-6-12(10-17-14)15(19)21-2/h4-10H,3H2,1-2H3,(H,18,20). The fraction of sp³-hybridized carbons (Fsp3) is 0.188. The van der Waals surface area contributed by atoms with E-state index in [1.54, 1.807) is 31.2 Å². The molecule has 0 atom stereocenters. The van der Waals surface area contributed by atoms with Crippen LogP contribution >= 0.6 is 0 Å². The number of ether oxygens (including phenoxy) is 2. The van der Waals surface area contributed by atoms with Crippen LogP contribution in [0, 0.1) is 0 Å². The second-order valence-electron chi connectivity index (χ2n) is 4.35. The first kappa shape index (κ1) is 15.5. The zero-order chi connectivity index (χ0) is 15.9. The fourth-order valence-electron chi connectivity index (χ4n) is 1.81. The number of carbonyl (C=O) groups is 2. The highest BCUT2D eigenvalue weighted by Gasteiger charge is 2.07. The number of rotatable bonds is 4. The van der Waals surface area contributed by atoms with Crippen molar-refractivity contribution in [1.29, 1.82) is 0 Å². The van der Waals surface area contributed by atoms with Crippen LogP contribution < -0.4 is 5.32 Å². The van der Waals surface area contributed by atoms with Crippen molar-refractivity contribution in [3.63, 3.8) is 0 Å². The van der Waals surface area contributed by atoms with E-state index in [0.717, 1.165) is 11.3 Å². The van der Waals surface area contributed by atoms with Crippen LogP contribution in [0.15, 0.2) is 42.6 Å². The lowest BCUT2D eigenvalue weighted by Crippen LogP contribution is -2.13. The van der Waals surface area contributed by atoms with Gasteiger partial charge in [-0.1, -0.05) is 12.1 Å². The maximum atomic E-state index is 11.3. The van der Waals surface area contributed by atoms with Gasteiger partial charge in [0.15, 0.2) is 0 Å². The predicted molar refractivity (Wildman–Crippen MR) is 81.7 cm³/mol. The van der Waals surface area contributed by atoms with Gasteiger partial charge in [0.05, 0.1) is 25.0 Å². The molecule has 0 radical (unpaired) electrons. The normalized spacial score (nSPS) is 9.91. The summed E-state index contributed by atoms with van der Waals surface area (Å²) in [7, 11) is 1.32. The van der Waals surface area contributed by atoms with Crippen LogP contribution in [0.1, 0.15) is 17.3 Å². The number of nitrogens with zero attached hydrogens (tertiary/aromatic N) is 1. The third kappa shape index (κ3) is 3.82. The van der Waals surface area contributed by atoms with Crippen LogP contribution in [0.25, 0.3) is 11.3 Å². The molecule has 0 aliphatic carbocycles. The summed E-state index contributed by atoms with van der Waals surface area (Å²) in [4.78, 5) is 26.9. The molecule has 1 aromatic carbocycles. The zero-order valence-corrected chi connectivity index (χ0v) is 12.3. The molecule has 0 unspecified atom stereocenters. The topological polar surface area (TPSA) is 77.5 Å². The molecular formula is C16H16N2O4. The lowest BCUT2D eigenvalue weighted by molar-refractivity contribution is 0.0600. The van der Waals surface area contributed by atoms with E-state index in [-0.39, 0.29) is 0 Å². The molecule has 2 rings (SSSR count). The molecule has 22 heavy (non-hydrogen) atoms. The van der Waals surface area contributed by atoms with Gasteiger partial charge in [0, 0.05) is 17.4 Å². The van der Waals surface area contributed by atoms with E-state index < -0.39 is 12.1 Å². The van der Waals surface area contributed by atoms with Crippen LogP contribution in [0.4, 0.5) is 10.5 Å². The first-order valence-corrected chi connectivity index (χ1v) is 6.72. The third-order valence-corrected chi connectivity index (χ3v) is 2.89. The van der Waals surface area contributed by atoms with Crippen molar-refractivity contribution in [3.8, 4) is 11.3 Å². The maximum Gasteiger partial charge on any atom is 0.411 e. The SMILES string of the molecule is CCOC(=O)Nc1ccc(-c2ccc(C(=O)OC)cn2)cc1. The average Bonchev–Trinajstić information content (AvgIpc) is 2.55. The van der Waals surface area contributed by atoms with Crippen molar-refractivity contribution in [2.24, 2.45) is 0 Å². The second-order valence-corrected chi connectivity index (χ2v) is 4.35. The molecule has 0 saturated heterocycles. The van der Waals surface area contributed by atoms with Gasteiger partial charge in [-0.05, 0) is 31.2 Å². The lowest BCUT2D eigenvalue weighted by Gasteiger charge is -2.06. The Morgan fingerprint density at radius 1 is 1.14 bits per heavy atom. The summed E-state index contributed by atoms with van der Waals surface area (Å²) in [6.45, 7) is 2.06. The molecule has 0 fully saturated rings.